The lowest BCUT2D eigenvalue weighted by Gasteiger charge is -2.37. The van der Waals surface area contributed by atoms with E-state index in [1.807, 2.05) is 0 Å². The van der Waals surface area contributed by atoms with E-state index in [2.05, 4.69) is 10.5 Å². The summed E-state index contributed by atoms with van der Waals surface area (Å²) in [7, 11) is 0. The molecule has 2 heterocycles. The molecule has 0 unspecified atom stereocenters. The lowest BCUT2D eigenvalue weighted by atomic mass is 9.98. The Kier molecular flexibility index (Phi) is 4.43. The summed E-state index contributed by atoms with van der Waals surface area (Å²) in [6.07, 6.45) is -4.86. The zero-order valence-electron chi connectivity index (χ0n) is 13.4. The fraction of sp³-hybridized carbons (Fsp3) is 0.312. The van der Waals surface area contributed by atoms with Crippen molar-refractivity contribution in [1.29, 1.82) is 0 Å². The summed E-state index contributed by atoms with van der Waals surface area (Å²) in [6, 6.07) is 3.68. The van der Waals surface area contributed by atoms with E-state index in [0.29, 0.717) is 17.9 Å². The molecule has 1 aromatic heterocycles. The van der Waals surface area contributed by atoms with Crippen LogP contribution in [0.25, 0.3) is 0 Å². The minimum Gasteiger partial charge on any atom is -0.361 e. The number of halogens is 4. The fourth-order valence-corrected chi connectivity index (χ4v) is 2.50. The number of nitrogens with one attached hydrogen (secondary N) is 1. The molecule has 0 spiro atoms. The zero-order chi connectivity index (χ0) is 19.1. The SMILES string of the molecule is Cc1cc(C(=O)N2CC(C(=O)Nc3ccc(F)c(C(F)(F)F)c3)C2)no1. The lowest BCUT2D eigenvalue weighted by Crippen LogP contribution is -2.54. The zero-order valence-corrected chi connectivity index (χ0v) is 13.4. The average Bonchev–Trinajstić information content (AvgIpc) is 2.93. The monoisotopic (exact) mass is 371 g/mol. The van der Waals surface area contributed by atoms with Gasteiger partial charge in [-0.15, -0.1) is 0 Å². The van der Waals surface area contributed by atoms with Gasteiger partial charge in [-0.2, -0.15) is 13.2 Å². The van der Waals surface area contributed by atoms with E-state index in [9.17, 15) is 27.2 Å². The first kappa shape index (κ1) is 17.9. The van der Waals surface area contributed by atoms with Gasteiger partial charge in [0.25, 0.3) is 5.91 Å². The minimum atomic E-state index is -4.86. The number of alkyl halides is 3. The molecule has 1 aromatic carbocycles. The standard InChI is InChI=1S/C16H13F4N3O3/c1-8-4-13(22-26-8)15(25)23-6-9(7-23)14(24)21-10-2-3-12(17)11(5-10)16(18,19)20/h2-5,9H,6-7H2,1H3,(H,21,24). The van der Waals surface area contributed by atoms with Gasteiger partial charge < -0.3 is 14.7 Å². The third-order valence-electron chi connectivity index (χ3n) is 3.93. The number of rotatable bonds is 3. The number of benzene rings is 1. The predicted octanol–water partition coefficient (Wildman–Crippen LogP) is 2.85. The van der Waals surface area contributed by atoms with Crippen LogP contribution < -0.4 is 5.32 Å². The quantitative estimate of drug-likeness (QED) is 0.842. The van der Waals surface area contributed by atoms with Gasteiger partial charge in [0.2, 0.25) is 5.91 Å². The van der Waals surface area contributed by atoms with Crippen molar-refractivity contribution in [3.05, 3.63) is 47.1 Å². The maximum absolute atomic E-state index is 13.3. The van der Waals surface area contributed by atoms with E-state index in [-0.39, 0.29) is 24.5 Å². The fourth-order valence-electron chi connectivity index (χ4n) is 2.50. The Morgan fingerprint density at radius 1 is 1.27 bits per heavy atom. The number of amides is 2. The smallest absolute Gasteiger partial charge is 0.361 e. The van der Waals surface area contributed by atoms with Crippen molar-refractivity contribution < 1.29 is 31.7 Å². The number of likely N-dealkylation sites (tertiary alicyclic amines) is 1. The van der Waals surface area contributed by atoms with Gasteiger partial charge in [0.15, 0.2) is 5.69 Å². The summed E-state index contributed by atoms with van der Waals surface area (Å²) < 4.78 is 56.1. The number of aromatic nitrogens is 1. The topological polar surface area (TPSA) is 75.4 Å². The number of nitrogens with zero attached hydrogens (tertiary/aromatic N) is 2. The number of carbonyl (C=O) groups excluding carboxylic acids is 2. The number of anilines is 1. The van der Waals surface area contributed by atoms with Crippen molar-refractivity contribution in [2.45, 2.75) is 13.1 Å². The second-order valence-corrected chi connectivity index (χ2v) is 5.91. The van der Waals surface area contributed by atoms with Crippen LogP contribution in [0.1, 0.15) is 21.8 Å². The molecule has 138 valence electrons. The Balaban J connectivity index is 1.60. The largest absolute Gasteiger partial charge is 0.419 e. The van der Waals surface area contributed by atoms with E-state index in [1.165, 1.54) is 11.0 Å². The predicted molar refractivity (Wildman–Crippen MR) is 80.7 cm³/mol. The molecule has 6 nitrogen and oxygen atoms in total. The molecule has 3 rings (SSSR count). The minimum absolute atomic E-state index is 0.101. The normalized spacial score (nSPS) is 14.9. The lowest BCUT2D eigenvalue weighted by molar-refractivity contribution is -0.140. The van der Waals surface area contributed by atoms with Crippen LogP contribution in [0.5, 0.6) is 0 Å². The Bertz CT molecular complexity index is 857. The molecule has 0 radical (unpaired) electrons. The maximum atomic E-state index is 13.3. The first-order valence-electron chi connectivity index (χ1n) is 7.55. The van der Waals surface area contributed by atoms with Crippen LogP contribution in [0.2, 0.25) is 0 Å². The van der Waals surface area contributed by atoms with Crippen LogP contribution in [-0.4, -0.2) is 35.0 Å². The van der Waals surface area contributed by atoms with E-state index in [4.69, 9.17) is 4.52 Å². The number of hydrogen-bond donors (Lipinski definition) is 1. The van der Waals surface area contributed by atoms with Crippen molar-refractivity contribution in [3.63, 3.8) is 0 Å². The summed E-state index contributed by atoms with van der Waals surface area (Å²) in [6.45, 7) is 1.84. The molecule has 0 atom stereocenters. The molecular weight excluding hydrogens is 358 g/mol. The molecule has 0 aliphatic carbocycles. The second-order valence-electron chi connectivity index (χ2n) is 5.91. The summed E-state index contributed by atoms with van der Waals surface area (Å²) in [4.78, 5) is 25.5. The molecule has 26 heavy (non-hydrogen) atoms. The molecule has 2 aromatic rings. The number of hydrogen-bond acceptors (Lipinski definition) is 4. The van der Waals surface area contributed by atoms with Crippen molar-refractivity contribution in [1.82, 2.24) is 10.1 Å². The van der Waals surface area contributed by atoms with Crippen LogP contribution in [0.4, 0.5) is 23.2 Å². The molecule has 1 N–H and O–H groups in total. The second kappa shape index (κ2) is 6.43. The van der Waals surface area contributed by atoms with Crippen molar-refractivity contribution >= 4 is 17.5 Å². The molecule has 1 aliphatic heterocycles. The molecule has 1 saturated heterocycles. The molecule has 1 fully saturated rings. The van der Waals surface area contributed by atoms with Crippen molar-refractivity contribution in [3.8, 4) is 0 Å². The summed E-state index contributed by atoms with van der Waals surface area (Å²) in [5, 5.41) is 5.90. The highest BCUT2D eigenvalue weighted by Gasteiger charge is 2.38. The van der Waals surface area contributed by atoms with Gasteiger partial charge in [0.1, 0.15) is 11.6 Å². The molecule has 0 bridgehead atoms. The molecule has 1 aliphatic rings. The Morgan fingerprint density at radius 2 is 1.96 bits per heavy atom. The molecule has 10 heteroatoms. The first-order chi connectivity index (χ1) is 12.1. The van der Waals surface area contributed by atoms with Crippen LogP contribution in [0.3, 0.4) is 0 Å². The Morgan fingerprint density at radius 3 is 2.54 bits per heavy atom. The van der Waals surface area contributed by atoms with Crippen LogP contribution in [0.15, 0.2) is 28.8 Å². The van der Waals surface area contributed by atoms with Crippen molar-refractivity contribution in [2.75, 3.05) is 18.4 Å². The van der Waals surface area contributed by atoms with Crippen LogP contribution >= 0.6 is 0 Å². The highest BCUT2D eigenvalue weighted by atomic mass is 19.4. The van der Waals surface area contributed by atoms with E-state index >= 15 is 0 Å². The third-order valence-corrected chi connectivity index (χ3v) is 3.93. The molecule has 0 saturated carbocycles. The highest BCUT2D eigenvalue weighted by molar-refractivity contribution is 5.97. The molecular formula is C16H13F4N3O3. The Hall–Kier alpha value is -2.91. The highest BCUT2D eigenvalue weighted by Crippen LogP contribution is 2.33. The van der Waals surface area contributed by atoms with Gasteiger partial charge in [0.05, 0.1) is 11.5 Å². The van der Waals surface area contributed by atoms with E-state index in [1.54, 1.807) is 6.92 Å². The maximum Gasteiger partial charge on any atom is 0.419 e. The van der Waals surface area contributed by atoms with Gasteiger partial charge in [0, 0.05) is 24.8 Å². The van der Waals surface area contributed by atoms with Crippen molar-refractivity contribution in [2.24, 2.45) is 5.92 Å². The van der Waals surface area contributed by atoms with Gasteiger partial charge in [-0.05, 0) is 25.1 Å². The van der Waals surface area contributed by atoms with Crippen LogP contribution in [-0.2, 0) is 11.0 Å². The van der Waals surface area contributed by atoms with Crippen LogP contribution in [0, 0.1) is 18.7 Å². The van der Waals surface area contributed by atoms with Gasteiger partial charge in [-0.25, -0.2) is 4.39 Å². The van der Waals surface area contributed by atoms with E-state index in [0.717, 1.165) is 6.07 Å². The Labute approximate surface area is 144 Å². The average molecular weight is 371 g/mol. The third kappa shape index (κ3) is 3.53. The summed E-state index contributed by atoms with van der Waals surface area (Å²) in [5.74, 6) is -2.47. The summed E-state index contributed by atoms with van der Waals surface area (Å²) in [5.41, 5.74) is -1.50. The van der Waals surface area contributed by atoms with E-state index < -0.39 is 35.3 Å². The number of carbonyl (C=O) groups is 2. The first-order valence-corrected chi connectivity index (χ1v) is 7.55. The number of aryl methyl sites for hydroxylation is 1. The van der Waals surface area contributed by atoms with Gasteiger partial charge in [-0.3, -0.25) is 9.59 Å². The van der Waals surface area contributed by atoms with Gasteiger partial charge >= 0.3 is 6.18 Å². The summed E-state index contributed by atoms with van der Waals surface area (Å²) >= 11 is 0. The molecule has 2 amide bonds. The van der Waals surface area contributed by atoms with Gasteiger partial charge in [-0.1, -0.05) is 5.16 Å².